The lowest BCUT2D eigenvalue weighted by atomic mass is 10.2. The van der Waals surface area contributed by atoms with E-state index in [0.29, 0.717) is 0 Å². The molecule has 4 rings (SSSR count). The second-order valence-corrected chi connectivity index (χ2v) is 8.89. The number of piperazine rings is 1. The minimum Gasteiger partial charge on any atom is -0.368 e. The fourth-order valence-electron chi connectivity index (χ4n) is 3.60. The Morgan fingerprint density at radius 1 is 1.11 bits per heavy atom. The Balaban J connectivity index is 1.18. The lowest BCUT2D eigenvalue weighted by Gasteiger charge is -2.35. The monoisotopic (exact) mass is 417 g/mol. The van der Waals surface area contributed by atoms with Crippen LogP contribution in [-0.4, -0.2) is 50.1 Å². The number of fused-ring (bicyclic) bond motifs is 1. The van der Waals surface area contributed by atoms with Crippen LogP contribution in [0.5, 0.6) is 0 Å². The lowest BCUT2D eigenvalue weighted by molar-refractivity contribution is 0.0956. The summed E-state index contributed by atoms with van der Waals surface area (Å²) in [6, 6.07) is 8.82. The molecule has 4 nitrogen and oxygen atoms in total. The topological polar surface area (TPSA) is 35.6 Å². The third kappa shape index (κ3) is 4.54. The summed E-state index contributed by atoms with van der Waals surface area (Å²) in [7, 11) is 0. The Morgan fingerprint density at radius 3 is 2.75 bits per heavy atom. The number of benzene rings is 1. The highest BCUT2D eigenvalue weighted by Gasteiger charge is 2.19. The van der Waals surface area contributed by atoms with E-state index in [1.807, 2.05) is 23.6 Å². The number of hydrogen-bond donors (Lipinski definition) is 1. The van der Waals surface area contributed by atoms with Gasteiger partial charge in [-0.25, -0.2) is 4.39 Å². The molecule has 148 valence electrons. The van der Waals surface area contributed by atoms with E-state index >= 15 is 0 Å². The van der Waals surface area contributed by atoms with Crippen molar-refractivity contribution in [2.24, 2.45) is 0 Å². The van der Waals surface area contributed by atoms with Gasteiger partial charge in [-0.1, -0.05) is 6.07 Å². The number of nitrogens with zero attached hydrogens (tertiary/aromatic N) is 2. The van der Waals surface area contributed by atoms with Gasteiger partial charge in [-0.2, -0.15) is 0 Å². The van der Waals surface area contributed by atoms with Gasteiger partial charge in [0.05, 0.1) is 10.6 Å². The summed E-state index contributed by atoms with van der Waals surface area (Å²) in [5, 5.41) is 8.21. The maximum absolute atomic E-state index is 13.4. The van der Waals surface area contributed by atoms with Crippen LogP contribution in [0, 0.1) is 5.82 Å². The second kappa shape index (κ2) is 9.03. The highest BCUT2D eigenvalue weighted by molar-refractivity contribution is 7.17. The predicted molar refractivity (Wildman–Crippen MR) is 116 cm³/mol. The molecule has 7 heteroatoms. The number of nitrogens with one attached hydrogen (secondary N) is 1. The van der Waals surface area contributed by atoms with E-state index in [1.54, 1.807) is 23.5 Å². The number of halogens is 1. The highest BCUT2D eigenvalue weighted by atomic mass is 32.1. The van der Waals surface area contributed by atoms with E-state index in [2.05, 4.69) is 20.5 Å². The summed E-state index contributed by atoms with van der Waals surface area (Å²) in [5.74, 6) is -0.135. The minimum atomic E-state index is -0.169. The number of anilines is 1. The number of rotatable bonds is 7. The van der Waals surface area contributed by atoms with Gasteiger partial charge in [0.15, 0.2) is 0 Å². The number of unbranched alkanes of at least 4 members (excludes halogenated alkanes) is 1. The van der Waals surface area contributed by atoms with Crippen LogP contribution in [0.2, 0.25) is 0 Å². The van der Waals surface area contributed by atoms with Gasteiger partial charge in [0.1, 0.15) is 5.82 Å². The Morgan fingerprint density at radius 2 is 1.96 bits per heavy atom. The lowest BCUT2D eigenvalue weighted by Crippen LogP contribution is -2.46. The van der Waals surface area contributed by atoms with Crippen molar-refractivity contribution in [3.63, 3.8) is 0 Å². The summed E-state index contributed by atoms with van der Waals surface area (Å²) < 4.78 is 14.4. The molecule has 0 radical (unpaired) electrons. The van der Waals surface area contributed by atoms with Gasteiger partial charge in [0, 0.05) is 48.2 Å². The molecule has 0 bridgehead atoms. The molecule has 1 fully saturated rings. The quantitative estimate of drug-likeness (QED) is 0.578. The molecule has 0 saturated carbocycles. The Hall–Kier alpha value is -1.96. The molecule has 0 spiro atoms. The summed E-state index contributed by atoms with van der Waals surface area (Å²) in [5.41, 5.74) is 1.23. The van der Waals surface area contributed by atoms with Crippen molar-refractivity contribution in [3.8, 4) is 0 Å². The third-order valence-electron chi connectivity index (χ3n) is 5.16. The first-order valence-electron chi connectivity index (χ1n) is 9.66. The van der Waals surface area contributed by atoms with Crippen molar-refractivity contribution < 1.29 is 9.18 Å². The number of thiophene rings is 2. The SMILES string of the molecule is O=C(NCCCCN1CCN(c2csc3cc(F)ccc23)CC1)c1cccs1. The maximum atomic E-state index is 13.4. The van der Waals surface area contributed by atoms with E-state index in [0.717, 1.165) is 67.1 Å². The van der Waals surface area contributed by atoms with Gasteiger partial charge in [-0.15, -0.1) is 22.7 Å². The van der Waals surface area contributed by atoms with Crippen molar-refractivity contribution in [2.75, 3.05) is 44.2 Å². The first-order valence-corrected chi connectivity index (χ1v) is 11.4. The van der Waals surface area contributed by atoms with E-state index in [9.17, 15) is 9.18 Å². The highest BCUT2D eigenvalue weighted by Crippen LogP contribution is 2.33. The summed E-state index contributed by atoms with van der Waals surface area (Å²) in [6.45, 7) is 5.88. The Bertz CT molecular complexity index is 917. The van der Waals surface area contributed by atoms with E-state index in [-0.39, 0.29) is 11.7 Å². The number of amides is 1. The Kier molecular flexibility index (Phi) is 6.24. The minimum absolute atomic E-state index is 0.0338. The fraction of sp³-hybridized carbons (Fsp3) is 0.381. The second-order valence-electron chi connectivity index (χ2n) is 7.03. The van der Waals surface area contributed by atoms with Crippen molar-refractivity contribution in [2.45, 2.75) is 12.8 Å². The average molecular weight is 418 g/mol. The standard InChI is InChI=1S/C21H24FN3OS2/c22-16-5-6-17-18(15-28-20(17)14-16)25-11-9-24(10-12-25)8-2-1-7-23-21(26)19-4-3-13-27-19/h3-6,13-15H,1-2,7-12H2,(H,23,26). The first-order chi connectivity index (χ1) is 13.7. The zero-order chi connectivity index (χ0) is 19.3. The molecule has 28 heavy (non-hydrogen) atoms. The van der Waals surface area contributed by atoms with Crippen LogP contribution in [0.15, 0.2) is 41.1 Å². The third-order valence-corrected chi connectivity index (χ3v) is 6.96. The van der Waals surface area contributed by atoms with Crippen molar-refractivity contribution in [1.29, 1.82) is 0 Å². The fourth-order valence-corrected chi connectivity index (χ4v) is 5.24. The largest absolute Gasteiger partial charge is 0.368 e. The summed E-state index contributed by atoms with van der Waals surface area (Å²) in [6.07, 6.45) is 2.09. The molecule has 3 heterocycles. The maximum Gasteiger partial charge on any atom is 0.261 e. The van der Waals surface area contributed by atoms with E-state index < -0.39 is 0 Å². The molecule has 1 aromatic carbocycles. The van der Waals surface area contributed by atoms with Gasteiger partial charge >= 0.3 is 0 Å². The van der Waals surface area contributed by atoms with Gasteiger partial charge in [0.2, 0.25) is 0 Å². The van der Waals surface area contributed by atoms with Crippen LogP contribution in [0.25, 0.3) is 10.1 Å². The van der Waals surface area contributed by atoms with Crippen LogP contribution in [0.3, 0.4) is 0 Å². The summed E-state index contributed by atoms with van der Waals surface area (Å²) >= 11 is 3.09. The zero-order valence-electron chi connectivity index (χ0n) is 15.7. The molecule has 0 atom stereocenters. The molecule has 0 aliphatic carbocycles. The molecule has 1 N–H and O–H groups in total. The molecule has 1 aliphatic heterocycles. The normalized spacial score (nSPS) is 15.2. The van der Waals surface area contributed by atoms with Gasteiger partial charge in [-0.3, -0.25) is 9.69 Å². The van der Waals surface area contributed by atoms with E-state index in [4.69, 9.17) is 0 Å². The van der Waals surface area contributed by atoms with Crippen molar-refractivity contribution in [3.05, 3.63) is 51.8 Å². The van der Waals surface area contributed by atoms with Crippen LogP contribution < -0.4 is 10.2 Å². The van der Waals surface area contributed by atoms with Crippen molar-refractivity contribution in [1.82, 2.24) is 10.2 Å². The van der Waals surface area contributed by atoms with Crippen LogP contribution in [-0.2, 0) is 0 Å². The molecule has 1 aliphatic rings. The Labute approximate surface area is 172 Å². The first kappa shape index (κ1) is 19.4. The van der Waals surface area contributed by atoms with Gasteiger partial charge < -0.3 is 10.2 Å². The van der Waals surface area contributed by atoms with Crippen LogP contribution >= 0.6 is 22.7 Å². The number of hydrogen-bond acceptors (Lipinski definition) is 5. The van der Waals surface area contributed by atoms with Crippen molar-refractivity contribution >= 4 is 44.4 Å². The number of carbonyl (C=O) groups excluding carboxylic acids is 1. The molecule has 0 unspecified atom stereocenters. The van der Waals surface area contributed by atoms with Crippen LogP contribution in [0.1, 0.15) is 22.5 Å². The molecule has 1 saturated heterocycles. The number of carbonyl (C=O) groups is 1. The molecule has 3 aromatic rings. The van der Waals surface area contributed by atoms with Gasteiger partial charge in [-0.05, 0) is 49.0 Å². The average Bonchev–Trinajstić information content (AvgIpc) is 3.38. The summed E-state index contributed by atoms with van der Waals surface area (Å²) in [4.78, 5) is 17.6. The van der Waals surface area contributed by atoms with E-state index in [1.165, 1.54) is 17.0 Å². The van der Waals surface area contributed by atoms with Crippen LogP contribution in [0.4, 0.5) is 10.1 Å². The molecular weight excluding hydrogens is 393 g/mol. The molecule has 1 amide bonds. The molecule has 2 aromatic heterocycles. The molecular formula is C21H24FN3OS2. The zero-order valence-corrected chi connectivity index (χ0v) is 17.3. The smallest absolute Gasteiger partial charge is 0.261 e. The van der Waals surface area contributed by atoms with Gasteiger partial charge in [0.25, 0.3) is 5.91 Å². The predicted octanol–water partition coefficient (Wildman–Crippen LogP) is 4.43.